The number of rotatable bonds is 2. The number of nitrogens with one attached hydrogen (secondary N) is 2. The fraction of sp³-hybridized carbons (Fsp3) is 1.00. The van der Waals surface area contributed by atoms with E-state index in [-0.39, 0.29) is 0 Å². The number of hydrogen-bond donors (Lipinski definition) is 2. The highest BCUT2D eigenvalue weighted by Gasteiger charge is 2.16. The van der Waals surface area contributed by atoms with Crippen LogP contribution in [0.1, 0.15) is 20.3 Å². The first kappa shape index (κ1) is 8.17. The van der Waals surface area contributed by atoms with Gasteiger partial charge in [0, 0.05) is 0 Å². The Morgan fingerprint density at radius 2 is 2.00 bits per heavy atom. The van der Waals surface area contributed by atoms with Crippen molar-refractivity contribution in [2.45, 2.75) is 26.3 Å². The highest BCUT2D eigenvalue weighted by Crippen LogP contribution is 1.98. The Labute approximate surface area is 64.8 Å². The third-order valence-corrected chi connectivity index (χ3v) is 2.09. The third kappa shape index (κ3) is 2.04. The van der Waals surface area contributed by atoms with E-state index in [9.17, 15) is 0 Å². The first-order valence-electron chi connectivity index (χ1n) is 4.00. The molecule has 0 aromatic carbocycles. The molecule has 1 aliphatic rings. The number of nitrogens with zero attached hydrogens (tertiary/aromatic N) is 1. The Kier molecular flexibility index (Phi) is 3.32. The maximum atomic E-state index is 3.26. The minimum Gasteiger partial charge on any atom is -0.377 e. The summed E-state index contributed by atoms with van der Waals surface area (Å²) in [4.78, 5) is 0. The predicted octanol–water partition coefficient (Wildman–Crippen LogP) is -1.92. The third-order valence-electron chi connectivity index (χ3n) is 2.09. The van der Waals surface area contributed by atoms with Crippen LogP contribution < -0.4 is 10.3 Å². The molecule has 1 fully saturated rings. The summed E-state index contributed by atoms with van der Waals surface area (Å²) >= 11 is 0. The summed E-state index contributed by atoms with van der Waals surface area (Å²) in [6.07, 6.45) is 1.23. The van der Waals surface area contributed by atoms with E-state index in [1.807, 2.05) is 0 Å². The van der Waals surface area contributed by atoms with E-state index in [1.54, 1.807) is 0 Å². The normalized spacial score (nSPS) is 22.2. The molecule has 0 bridgehead atoms. The largest absolute Gasteiger partial charge is 0.377 e. The highest BCUT2D eigenvalue weighted by atomic mass is 15.1. The molecule has 0 spiro atoms. The van der Waals surface area contributed by atoms with Crippen LogP contribution in [-0.2, 0) is 0 Å². The van der Waals surface area contributed by atoms with E-state index in [0.717, 1.165) is 22.6 Å². The average Bonchev–Trinajstić information content (AvgIpc) is 2.05. The van der Waals surface area contributed by atoms with Crippen LogP contribution in [0.4, 0.5) is 0 Å². The van der Waals surface area contributed by atoms with Crippen LogP contribution in [0, 0.1) is 0 Å². The van der Waals surface area contributed by atoms with Crippen LogP contribution >= 0.6 is 0 Å². The smallest absolute Gasteiger partial charge is 0.268 e. The molecule has 1 atom stereocenters. The first-order valence-corrected chi connectivity index (χ1v) is 4.00. The molecule has 1 heterocycles. The molecule has 1 saturated heterocycles. The van der Waals surface area contributed by atoms with Crippen molar-refractivity contribution in [1.29, 1.82) is 0 Å². The fourth-order valence-corrected chi connectivity index (χ4v) is 1.11. The lowest BCUT2D eigenvalue weighted by Crippen LogP contribution is -2.60. The maximum Gasteiger partial charge on any atom is 0.268 e. The molecular weight excluding hydrogens is 123 g/mol. The molecule has 2 N–H and O–H groups in total. The molecule has 0 saturated carbocycles. The van der Waals surface area contributed by atoms with Crippen LogP contribution in [0.25, 0.3) is 0 Å². The van der Waals surface area contributed by atoms with E-state index in [0.29, 0.717) is 6.04 Å². The molecule has 0 aromatic heterocycles. The highest BCUT2D eigenvalue weighted by molar-refractivity contribution is 6.65. The van der Waals surface area contributed by atoms with Gasteiger partial charge in [0.05, 0.1) is 0 Å². The maximum absolute atomic E-state index is 3.26. The summed E-state index contributed by atoms with van der Waals surface area (Å²) in [5.41, 5.74) is 0. The van der Waals surface area contributed by atoms with Crippen LogP contribution in [0.15, 0.2) is 0 Å². The summed E-state index contributed by atoms with van der Waals surface area (Å²) < 4.78 is 2.39. The van der Waals surface area contributed by atoms with Gasteiger partial charge in [0.15, 0.2) is 0 Å². The standard InChI is InChI=1S/C4H14B3N3/c1-3-4(2)10-6-8-5-9-7-10/h4-9H,3H2,1-2H3. The SMILES string of the molecule is CCC(C)N1BNBNB1. The van der Waals surface area contributed by atoms with Crippen molar-refractivity contribution in [1.82, 2.24) is 15.0 Å². The number of hydrogen-bond acceptors (Lipinski definition) is 3. The second-order valence-electron chi connectivity index (χ2n) is 2.84. The van der Waals surface area contributed by atoms with Gasteiger partial charge in [-0.3, -0.25) is 0 Å². The molecule has 0 aliphatic carbocycles. The summed E-state index contributed by atoms with van der Waals surface area (Å²) in [7, 11) is 3.01. The van der Waals surface area contributed by atoms with Crippen LogP contribution in [-0.4, -0.2) is 33.4 Å². The molecule has 54 valence electrons. The second kappa shape index (κ2) is 4.06. The van der Waals surface area contributed by atoms with Gasteiger partial charge in [0.25, 0.3) is 22.6 Å². The van der Waals surface area contributed by atoms with Crippen molar-refractivity contribution in [3.63, 3.8) is 0 Å². The second-order valence-corrected chi connectivity index (χ2v) is 2.84. The lowest BCUT2D eigenvalue weighted by atomic mass is 9.79. The van der Waals surface area contributed by atoms with E-state index in [2.05, 4.69) is 28.8 Å². The van der Waals surface area contributed by atoms with Crippen molar-refractivity contribution in [3.8, 4) is 0 Å². The lowest BCUT2D eigenvalue weighted by molar-refractivity contribution is 0.484. The molecule has 1 rings (SSSR count). The van der Waals surface area contributed by atoms with Gasteiger partial charge in [-0.2, -0.15) is 0 Å². The minimum atomic E-state index is 0.695. The van der Waals surface area contributed by atoms with Gasteiger partial charge in [0.1, 0.15) is 0 Å². The van der Waals surface area contributed by atoms with Crippen LogP contribution in [0.2, 0.25) is 0 Å². The van der Waals surface area contributed by atoms with E-state index >= 15 is 0 Å². The Bertz CT molecular complexity index is 95.7. The molecule has 6 heteroatoms. The van der Waals surface area contributed by atoms with Crippen LogP contribution in [0.5, 0.6) is 0 Å². The summed E-state index contributed by atoms with van der Waals surface area (Å²) in [5, 5.41) is 6.53. The molecule has 3 nitrogen and oxygen atoms in total. The van der Waals surface area contributed by atoms with Gasteiger partial charge in [-0.05, 0) is 12.5 Å². The molecule has 1 aliphatic heterocycles. The quantitative estimate of drug-likeness (QED) is 0.434. The zero-order valence-corrected chi connectivity index (χ0v) is 6.85. The van der Waals surface area contributed by atoms with Crippen LogP contribution in [0.3, 0.4) is 0 Å². The average molecular weight is 137 g/mol. The minimum absolute atomic E-state index is 0.695. The Morgan fingerprint density at radius 3 is 2.50 bits per heavy atom. The topological polar surface area (TPSA) is 27.3 Å². The van der Waals surface area contributed by atoms with Gasteiger partial charge < -0.3 is 15.0 Å². The lowest BCUT2D eigenvalue weighted by Gasteiger charge is -2.30. The van der Waals surface area contributed by atoms with Gasteiger partial charge in [-0.15, -0.1) is 0 Å². The summed E-state index contributed by atoms with van der Waals surface area (Å²) in [6, 6.07) is 0.695. The van der Waals surface area contributed by atoms with Crippen molar-refractivity contribution >= 4 is 22.6 Å². The van der Waals surface area contributed by atoms with Gasteiger partial charge in [-0.1, -0.05) is 13.8 Å². The Balaban J connectivity index is 2.24. The Morgan fingerprint density at radius 1 is 1.40 bits per heavy atom. The first-order chi connectivity index (χ1) is 4.84. The Hall–Kier alpha value is 0.0748. The van der Waals surface area contributed by atoms with Crippen molar-refractivity contribution in [3.05, 3.63) is 0 Å². The molecule has 0 radical (unpaired) electrons. The van der Waals surface area contributed by atoms with Gasteiger partial charge >= 0.3 is 0 Å². The summed E-state index contributed by atoms with van der Waals surface area (Å²) in [5.74, 6) is 0. The fourth-order valence-electron chi connectivity index (χ4n) is 1.11. The molecule has 0 aromatic rings. The molecule has 0 amide bonds. The van der Waals surface area contributed by atoms with E-state index in [4.69, 9.17) is 0 Å². The molecule has 1 unspecified atom stereocenters. The van der Waals surface area contributed by atoms with Gasteiger partial charge in [-0.25, -0.2) is 0 Å². The van der Waals surface area contributed by atoms with E-state index < -0.39 is 0 Å². The van der Waals surface area contributed by atoms with Crippen molar-refractivity contribution < 1.29 is 0 Å². The molecule has 10 heavy (non-hydrogen) atoms. The van der Waals surface area contributed by atoms with Gasteiger partial charge in [0.2, 0.25) is 0 Å². The summed E-state index contributed by atoms with van der Waals surface area (Å²) in [6.45, 7) is 4.48. The zero-order chi connectivity index (χ0) is 7.40. The van der Waals surface area contributed by atoms with E-state index in [1.165, 1.54) is 6.42 Å². The van der Waals surface area contributed by atoms with Crippen molar-refractivity contribution in [2.75, 3.05) is 0 Å². The molecular formula is C4H14B3N3. The zero-order valence-electron chi connectivity index (χ0n) is 6.85. The monoisotopic (exact) mass is 137 g/mol. The van der Waals surface area contributed by atoms with Crippen molar-refractivity contribution in [2.24, 2.45) is 0 Å². The predicted molar refractivity (Wildman–Crippen MR) is 49.3 cm³/mol.